The summed E-state index contributed by atoms with van der Waals surface area (Å²) in [4.78, 5) is 2.71. The van der Waals surface area contributed by atoms with Gasteiger partial charge in [0.25, 0.3) is 0 Å². The van der Waals surface area contributed by atoms with Crippen LogP contribution in [0.1, 0.15) is 53.4 Å². The van der Waals surface area contributed by atoms with E-state index < -0.39 is 0 Å². The van der Waals surface area contributed by atoms with E-state index in [0.29, 0.717) is 6.04 Å². The Labute approximate surface area is 102 Å². The van der Waals surface area contributed by atoms with E-state index in [-0.39, 0.29) is 0 Å². The third-order valence-electron chi connectivity index (χ3n) is 3.72. The number of nitrogens with zero attached hydrogens (tertiary/aromatic N) is 1. The molecule has 1 heterocycles. The maximum atomic E-state index is 3.60. The van der Waals surface area contributed by atoms with Crippen LogP contribution in [0.25, 0.3) is 0 Å². The SMILES string of the molecule is CCCCCCN1CC(C)NCC1C(C)C. The summed E-state index contributed by atoms with van der Waals surface area (Å²) in [5.41, 5.74) is 0. The highest BCUT2D eigenvalue weighted by Gasteiger charge is 2.27. The first-order valence-corrected chi connectivity index (χ1v) is 7.12. The summed E-state index contributed by atoms with van der Waals surface area (Å²) in [6.45, 7) is 13.0. The molecule has 1 aliphatic heterocycles. The molecule has 0 radical (unpaired) electrons. The van der Waals surface area contributed by atoms with Crippen LogP contribution in [0.5, 0.6) is 0 Å². The molecule has 0 spiro atoms. The van der Waals surface area contributed by atoms with Gasteiger partial charge in [-0.1, -0.05) is 40.0 Å². The van der Waals surface area contributed by atoms with Crippen molar-refractivity contribution in [1.82, 2.24) is 10.2 Å². The van der Waals surface area contributed by atoms with E-state index in [0.717, 1.165) is 12.0 Å². The quantitative estimate of drug-likeness (QED) is 0.701. The number of hydrogen-bond donors (Lipinski definition) is 1. The summed E-state index contributed by atoms with van der Waals surface area (Å²) >= 11 is 0. The number of rotatable bonds is 6. The normalized spacial score (nSPS) is 27.6. The molecule has 1 N–H and O–H groups in total. The molecule has 0 aliphatic carbocycles. The van der Waals surface area contributed by atoms with E-state index >= 15 is 0 Å². The van der Waals surface area contributed by atoms with Gasteiger partial charge >= 0.3 is 0 Å². The molecule has 0 aromatic carbocycles. The molecule has 2 nitrogen and oxygen atoms in total. The molecule has 2 unspecified atom stereocenters. The van der Waals surface area contributed by atoms with Crippen molar-refractivity contribution >= 4 is 0 Å². The number of piperazine rings is 1. The van der Waals surface area contributed by atoms with Gasteiger partial charge < -0.3 is 5.32 Å². The molecule has 16 heavy (non-hydrogen) atoms. The van der Waals surface area contributed by atoms with Crippen LogP contribution in [0, 0.1) is 5.92 Å². The van der Waals surface area contributed by atoms with Crippen molar-refractivity contribution in [2.24, 2.45) is 5.92 Å². The van der Waals surface area contributed by atoms with Crippen molar-refractivity contribution < 1.29 is 0 Å². The highest BCUT2D eigenvalue weighted by Crippen LogP contribution is 2.16. The number of nitrogens with one attached hydrogen (secondary N) is 1. The van der Waals surface area contributed by atoms with Crippen LogP contribution in [-0.4, -0.2) is 36.6 Å². The Bertz CT molecular complexity index is 180. The molecule has 1 aliphatic rings. The van der Waals surface area contributed by atoms with Crippen LogP contribution >= 0.6 is 0 Å². The molecule has 2 heteroatoms. The molecule has 0 aromatic heterocycles. The van der Waals surface area contributed by atoms with Crippen molar-refractivity contribution in [3.05, 3.63) is 0 Å². The second-order valence-electron chi connectivity index (χ2n) is 5.68. The van der Waals surface area contributed by atoms with Crippen LogP contribution in [0.3, 0.4) is 0 Å². The molecule has 1 rings (SSSR count). The zero-order valence-electron chi connectivity index (χ0n) is 11.6. The Kier molecular flexibility index (Phi) is 6.37. The summed E-state index contributed by atoms with van der Waals surface area (Å²) in [5.74, 6) is 0.770. The van der Waals surface area contributed by atoms with Crippen LogP contribution < -0.4 is 5.32 Å². The Hall–Kier alpha value is -0.0800. The summed E-state index contributed by atoms with van der Waals surface area (Å²) in [5, 5.41) is 3.60. The maximum Gasteiger partial charge on any atom is 0.0244 e. The fourth-order valence-corrected chi connectivity index (χ4v) is 2.66. The van der Waals surface area contributed by atoms with Gasteiger partial charge in [0.05, 0.1) is 0 Å². The molecular weight excluding hydrogens is 196 g/mol. The minimum absolute atomic E-state index is 0.668. The van der Waals surface area contributed by atoms with Gasteiger partial charge in [-0.3, -0.25) is 4.90 Å². The minimum atomic E-state index is 0.668. The Morgan fingerprint density at radius 2 is 2.00 bits per heavy atom. The van der Waals surface area contributed by atoms with Gasteiger partial charge in [-0.2, -0.15) is 0 Å². The second-order valence-corrected chi connectivity index (χ2v) is 5.68. The van der Waals surface area contributed by atoms with Crippen molar-refractivity contribution in [2.75, 3.05) is 19.6 Å². The first-order valence-electron chi connectivity index (χ1n) is 7.12. The second kappa shape index (κ2) is 7.29. The zero-order valence-corrected chi connectivity index (χ0v) is 11.6. The molecule has 0 aromatic rings. The van der Waals surface area contributed by atoms with E-state index in [9.17, 15) is 0 Å². The lowest BCUT2D eigenvalue weighted by molar-refractivity contribution is 0.101. The fourth-order valence-electron chi connectivity index (χ4n) is 2.66. The lowest BCUT2D eigenvalue weighted by Crippen LogP contribution is -2.57. The molecule has 0 bridgehead atoms. The topological polar surface area (TPSA) is 15.3 Å². The maximum absolute atomic E-state index is 3.60. The first-order chi connectivity index (χ1) is 7.65. The molecule has 0 saturated carbocycles. The van der Waals surface area contributed by atoms with Gasteiger partial charge in [0.15, 0.2) is 0 Å². The standard InChI is InChI=1S/C14H30N2/c1-5-6-7-8-9-16-11-13(4)15-10-14(16)12(2)3/h12-15H,5-11H2,1-4H3. The molecule has 1 saturated heterocycles. The molecule has 96 valence electrons. The van der Waals surface area contributed by atoms with E-state index in [4.69, 9.17) is 0 Å². The lowest BCUT2D eigenvalue weighted by atomic mass is 9.98. The molecule has 1 fully saturated rings. The third-order valence-corrected chi connectivity index (χ3v) is 3.72. The van der Waals surface area contributed by atoms with Crippen molar-refractivity contribution in [3.8, 4) is 0 Å². The summed E-state index contributed by atoms with van der Waals surface area (Å²) in [6.07, 6.45) is 5.52. The van der Waals surface area contributed by atoms with Crippen molar-refractivity contribution in [1.29, 1.82) is 0 Å². The van der Waals surface area contributed by atoms with Gasteiger partial charge in [0.1, 0.15) is 0 Å². The van der Waals surface area contributed by atoms with Gasteiger partial charge in [-0.15, -0.1) is 0 Å². The van der Waals surface area contributed by atoms with Crippen molar-refractivity contribution in [2.45, 2.75) is 65.5 Å². The van der Waals surface area contributed by atoms with Crippen LogP contribution in [0.15, 0.2) is 0 Å². The van der Waals surface area contributed by atoms with Crippen LogP contribution in [0.4, 0.5) is 0 Å². The molecule has 2 atom stereocenters. The Morgan fingerprint density at radius 1 is 1.25 bits per heavy atom. The predicted molar refractivity (Wildman–Crippen MR) is 71.8 cm³/mol. The van der Waals surface area contributed by atoms with Gasteiger partial charge in [-0.25, -0.2) is 0 Å². The average molecular weight is 226 g/mol. The van der Waals surface area contributed by atoms with E-state index in [1.54, 1.807) is 0 Å². The lowest BCUT2D eigenvalue weighted by Gasteiger charge is -2.41. The van der Waals surface area contributed by atoms with Gasteiger partial charge in [0.2, 0.25) is 0 Å². The third kappa shape index (κ3) is 4.42. The Balaban J connectivity index is 2.33. The molecular formula is C14H30N2. The number of hydrogen-bond acceptors (Lipinski definition) is 2. The summed E-state index contributed by atoms with van der Waals surface area (Å²) < 4.78 is 0. The summed E-state index contributed by atoms with van der Waals surface area (Å²) in [7, 11) is 0. The summed E-state index contributed by atoms with van der Waals surface area (Å²) in [6, 6.07) is 1.42. The molecule has 0 amide bonds. The van der Waals surface area contributed by atoms with Crippen molar-refractivity contribution in [3.63, 3.8) is 0 Å². The Morgan fingerprint density at radius 3 is 2.62 bits per heavy atom. The van der Waals surface area contributed by atoms with Gasteiger partial charge in [0, 0.05) is 25.2 Å². The predicted octanol–water partition coefficient (Wildman–Crippen LogP) is 2.89. The van der Waals surface area contributed by atoms with Gasteiger partial charge in [-0.05, 0) is 25.8 Å². The highest BCUT2D eigenvalue weighted by atomic mass is 15.2. The average Bonchev–Trinajstić information content (AvgIpc) is 2.24. The smallest absolute Gasteiger partial charge is 0.0244 e. The van der Waals surface area contributed by atoms with Crippen LogP contribution in [-0.2, 0) is 0 Å². The highest BCUT2D eigenvalue weighted by molar-refractivity contribution is 4.85. The monoisotopic (exact) mass is 226 g/mol. The first kappa shape index (κ1) is 14.0. The minimum Gasteiger partial charge on any atom is -0.311 e. The van der Waals surface area contributed by atoms with E-state index in [2.05, 4.69) is 37.9 Å². The van der Waals surface area contributed by atoms with E-state index in [1.165, 1.54) is 45.3 Å². The van der Waals surface area contributed by atoms with E-state index in [1.807, 2.05) is 0 Å². The fraction of sp³-hybridized carbons (Fsp3) is 1.00. The van der Waals surface area contributed by atoms with Crippen LogP contribution in [0.2, 0.25) is 0 Å². The largest absolute Gasteiger partial charge is 0.311 e. The zero-order chi connectivity index (χ0) is 12.0. The number of unbranched alkanes of at least 4 members (excludes halogenated alkanes) is 3.